The van der Waals surface area contributed by atoms with Gasteiger partial charge in [0, 0.05) is 28.2 Å². The molecule has 0 radical (unpaired) electrons. The molecular formula is C37H41FN6. The fourth-order valence-electron chi connectivity index (χ4n) is 5.86. The predicted molar refractivity (Wildman–Crippen MR) is 181 cm³/mol. The second-order valence-electron chi connectivity index (χ2n) is 11.4. The highest BCUT2D eigenvalue weighted by atomic mass is 19.1. The lowest BCUT2D eigenvalue weighted by Gasteiger charge is -2.24. The molecule has 0 bridgehead atoms. The third kappa shape index (κ3) is 6.90. The summed E-state index contributed by atoms with van der Waals surface area (Å²) in [5, 5.41) is 17.4. The number of hydrogen-bond donors (Lipinski definition) is 4. The molecule has 0 saturated carbocycles. The van der Waals surface area contributed by atoms with E-state index in [0.717, 1.165) is 86.1 Å². The van der Waals surface area contributed by atoms with Gasteiger partial charge in [0.05, 0.1) is 11.0 Å². The number of fused-ring (bicyclic) bond motifs is 1. The zero-order chi connectivity index (χ0) is 31.2. The Kier molecular flexibility index (Phi) is 9.56. The molecule has 6 nitrogen and oxygen atoms in total. The van der Waals surface area contributed by atoms with Gasteiger partial charge in [-0.15, -0.1) is 0 Å². The fourth-order valence-corrected chi connectivity index (χ4v) is 5.86. The molecule has 1 fully saturated rings. The summed E-state index contributed by atoms with van der Waals surface area (Å²) >= 11 is 0. The van der Waals surface area contributed by atoms with Gasteiger partial charge in [-0.1, -0.05) is 38.0 Å². The lowest BCUT2D eigenvalue weighted by Crippen LogP contribution is -2.28. The van der Waals surface area contributed by atoms with Gasteiger partial charge in [0.2, 0.25) is 0 Å². The maximum atomic E-state index is 14.3. The molecule has 4 aromatic rings. The first kappa shape index (κ1) is 30.7. The number of aryl methyl sites for hydroxylation is 1. The Labute approximate surface area is 258 Å². The van der Waals surface area contributed by atoms with Crippen LogP contribution in [0.25, 0.3) is 45.7 Å². The molecule has 3 aromatic heterocycles. The van der Waals surface area contributed by atoms with Crippen LogP contribution in [0, 0.1) is 18.7 Å². The molecule has 7 heteroatoms. The SMILES string of the molecule is C=C/C(=C\C(=C/C)C(=C)/C=c1/c(-c2cc3c(-c4cc(C)cc(F)c4)ccnc3[nH]2)n[nH]/c1=C/C)NC(=C)CC1CCNCC1. The monoisotopic (exact) mass is 588 g/mol. The number of allylic oxidation sites excluding steroid dienone is 6. The smallest absolute Gasteiger partial charge is 0.138 e. The standard InChI is InChI=1S/C37H41FN6/c1-7-27(21-30(8-2)41-25(6)19-26-10-13-39-14-11-26)24(5)18-33-34(9-3)43-44-36(33)35-22-32-31(12-15-40-37(32)42-35)28-16-23(4)17-29(38)20-28/h7-9,12,15-18,20-22,26,39,41,43H,2,5-6,10-11,13-14,19H2,1,3-4H3,(H,40,42)/b27-7+,30-21+,33-18+,34-9+. The third-order valence-electron chi connectivity index (χ3n) is 8.11. The van der Waals surface area contributed by atoms with Crippen molar-refractivity contribution >= 4 is 23.2 Å². The van der Waals surface area contributed by atoms with E-state index in [1.165, 1.54) is 18.9 Å². The maximum Gasteiger partial charge on any atom is 0.138 e. The van der Waals surface area contributed by atoms with Crippen LogP contribution in [0.1, 0.15) is 38.7 Å². The minimum atomic E-state index is -0.263. The van der Waals surface area contributed by atoms with E-state index in [4.69, 9.17) is 0 Å². The fraction of sp³-hybridized carbons (Fsp3) is 0.243. The highest BCUT2D eigenvalue weighted by Crippen LogP contribution is 2.31. The van der Waals surface area contributed by atoms with Crippen molar-refractivity contribution in [3.8, 4) is 22.5 Å². The molecule has 5 rings (SSSR count). The van der Waals surface area contributed by atoms with E-state index in [1.807, 2.05) is 63.3 Å². The van der Waals surface area contributed by atoms with Crippen LogP contribution >= 0.6 is 0 Å². The van der Waals surface area contributed by atoms with Crippen molar-refractivity contribution in [3.05, 3.63) is 119 Å². The van der Waals surface area contributed by atoms with Crippen molar-refractivity contribution in [2.24, 2.45) is 5.92 Å². The molecule has 1 saturated heterocycles. The molecular weight excluding hydrogens is 547 g/mol. The number of rotatable bonds is 10. The lowest BCUT2D eigenvalue weighted by molar-refractivity contribution is 0.368. The van der Waals surface area contributed by atoms with Gasteiger partial charge in [0.25, 0.3) is 0 Å². The molecule has 0 amide bonds. The van der Waals surface area contributed by atoms with Crippen LogP contribution in [-0.4, -0.2) is 33.3 Å². The van der Waals surface area contributed by atoms with Gasteiger partial charge in [0.15, 0.2) is 0 Å². The van der Waals surface area contributed by atoms with Crippen molar-refractivity contribution in [1.82, 2.24) is 30.8 Å². The number of aromatic amines is 2. The Bertz CT molecular complexity index is 1880. The van der Waals surface area contributed by atoms with E-state index in [9.17, 15) is 4.39 Å². The van der Waals surface area contributed by atoms with Crippen molar-refractivity contribution in [2.45, 2.75) is 40.0 Å². The van der Waals surface area contributed by atoms with Gasteiger partial charge in [-0.3, -0.25) is 5.10 Å². The molecule has 1 aliphatic heterocycles. The van der Waals surface area contributed by atoms with Gasteiger partial charge in [-0.25, -0.2) is 9.37 Å². The zero-order valence-electron chi connectivity index (χ0n) is 25.9. The molecule has 4 heterocycles. The number of halogens is 1. The molecule has 0 aliphatic carbocycles. The van der Waals surface area contributed by atoms with Gasteiger partial charge in [-0.05, 0) is 129 Å². The molecule has 0 spiro atoms. The van der Waals surface area contributed by atoms with E-state index in [0.29, 0.717) is 11.6 Å². The minimum Gasteiger partial charge on any atom is -0.359 e. The first-order valence-corrected chi connectivity index (χ1v) is 15.1. The summed E-state index contributed by atoms with van der Waals surface area (Å²) in [7, 11) is 0. The molecule has 44 heavy (non-hydrogen) atoms. The average Bonchev–Trinajstić information content (AvgIpc) is 3.62. The van der Waals surface area contributed by atoms with Gasteiger partial charge in [-0.2, -0.15) is 5.10 Å². The van der Waals surface area contributed by atoms with Gasteiger partial charge < -0.3 is 15.6 Å². The summed E-state index contributed by atoms with van der Waals surface area (Å²) in [6.07, 6.45) is 14.9. The van der Waals surface area contributed by atoms with Crippen molar-refractivity contribution in [1.29, 1.82) is 0 Å². The number of H-pyrrole nitrogens is 2. The van der Waals surface area contributed by atoms with Crippen molar-refractivity contribution < 1.29 is 4.39 Å². The molecule has 4 N–H and O–H groups in total. The Morgan fingerprint density at radius 2 is 1.93 bits per heavy atom. The summed E-state index contributed by atoms with van der Waals surface area (Å²) in [5.41, 5.74) is 8.48. The molecule has 226 valence electrons. The molecule has 1 aliphatic rings. The summed E-state index contributed by atoms with van der Waals surface area (Å²) in [6, 6.07) is 9.00. The number of aromatic nitrogens is 4. The van der Waals surface area contributed by atoms with E-state index >= 15 is 0 Å². The van der Waals surface area contributed by atoms with Gasteiger partial charge >= 0.3 is 0 Å². The average molecular weight is 589 g/mol. The minimum absolute atomic E-state index is 0.263. The quantitative estimate of drug-likeness (QED) is 0.155. The molecule has 0 unspecified atom stereocenters. The predicted octanol–water partition coefficient (Wildman–Crippen LogP) is 6.71. The van der Waals surface area contributed by atoms with Crippen LogP contribution < -0.4 is 21.2 Å². The molecule has 0 atom stereocenters. The van der Waals surface area contributed by atoms with E-state index in [2.05, 4.69) is 56.6 Å². The number of pyridine rings is 1. The first-order valence-electron chi connectivity index (χ1n) is 15.1. The summed E-state index contributed by atoms with van der Waals surface area (Å²) in [5.74, 6) is 0.380. The van der Waals surface area contributed by atoms with E-state index in [1.54, 1.807) is 12.3 Å². The topological polar surface area (TPSA) is 81.4 Å². The van der Waals surface area contributed by atoms with E-state index in [-0.39, 0.29) is 5.82 Å². The van der Waals surface area contributed by atoms with Crippen molar-refractivity contribution in [3.63, 3.8) is 0 Å². The summed E-state index contributed by atoms with van der Waals surface area (Å²) < 4.78 is 14.3. The molecule has 1 aromatic carbocycles. The number of nitrogens with zero attached hydrogens (tertiary/aromatic N) is 2. The van der Waals surface area contributed by atoms with Crippen LogP contribution in [0.2, 0.25) is 0 Å². The summed E-state index contributed by atoms with van der Waals surface area (Å²) in [6.45, 7) is 20.7. The number of nitrogens with one attached hydrogen (secondary N) is 4. The maximum absolute atomic E-state index is 14.3. The largest absolute Gasteiger partial charge is 0.359 e. The Morgan fingerprint density at radius 3 is 2.64 bits per heavy atom. The number of benzene rings is 1. The lowest BCUT2D eigenvalue weighted by atomic mass is 9.93. The van der Waals surface area contributed by atoms with Crippen LogP contribution in [-0.2, 0) is 0 Å². The number of hydrogen-bond acceptors (Lipinski definition) is 4. The highest BCUT2D eigenvalue weighted by Gasteiger charge is 2.16. The second-order valence-corrected chi connectivity index (χ2v) is 11.4. The van der Waals surface area contributed by atoms with Crippen LogP contribution in [0.3, 0.4) is 0 Å². The van der Waals surface area contributed by atoms with Crippen LogP contribution in [0.5, 0.6) is 0 Å². The summed E-state index contributed by atoms with van der Waals surface area (Å²) in [4.78, 5) is 7.98. The Balaban J connectivity index is 1.47. The Morgan fingerprint density at radius 1 is 1.14 bits per heavy atom. The highest BCUT2D eigenvalue weighted by molar-refractivity contribution is 5.96. The normalized spacial score (nSPS) is 15.6. The first-order chi connectivity index (χ1) is 21.3. The van der Waals surface area contributed by atoms with E-state index < -0.39 is 0 Å². The van der Waals surface area contributed by atoms with Gasteiger partial charge in [0.1, 0.15) is 17.2 Å². The zero-order valence-corrected chi connectivity index (χ0v) is 25.9. The Hall–Kier alpha value is -4.75. The van der Waals surface area contributed by atoms with Crippen LogP contribution in [0.15, 0.2) is 97.0 Å². The third-order valence-corrected chi connectivity index (χ3v) is 8.11. The second kappa shape index (κ2) is 13.7. The van der Waals surface area contributed by atoms with Crippen LogP contribution in [0.4, 0.5) is 4.39 Å². The van der Waals surface area contributed by atoms with Crippen molar-refractivity contribution in [2.75, 3.05) is 13.1 Å². The number of piperidine rings is 1.